The Labute approximate surface area is 182 Å². The Morgan fingerprint density at radius 2 is 2.00 bits per heavy atom. The van der Waals surface area contributed by atoms with Gasteiger partial charge in [-0.1, -0.05) is 19.9 Å². The molecular formula is C19H29FIN5S. The molecule has 27 heavy (non-hydrogen) atoms. The van der Waals surface area contributed by atoms with Gasteiger partial charge in [0.05, 0.1) is 6.54 Å². The third-order valence-electron chi connectivity index (χ3n) is 3.92. The first-order valence-corrected chi connectivity index (χ1v) is 10.1. The monoisotopic (exact) mass is 505 g/mol. The third-order valence-corrected chi connectivity index (χ3v) is 4.52. The number of nitrogens with zero attached hydrogens (tertiary/aromatic N) is 3. The van der Waals surface area contributed by atoms with Crippen LogP contribution in [0, 0.1) is 11.7 Å². The highest BCUT2D eigenvalue weighted by atomic mass is 127. The lowest BCUT2D eigenvalue weighted by molar-refractivity contribution is 0.503. The second-order valence-electron chi connectivity index (χ2n) is 6.52. The molecule has 0 aliphatic carbocycles. The van der Waals surface area contributed by atoms with Gasteiger partial charge in [-0.15, -0.1) is 24.0 Å². The zero-order chi connectivity index (χ0) is 18.9. The Morgan fingerprint density at radius 3 is 2.67 bits per heavy atom. The standard InChI is InChI=1S/C19H28FN5S.HI/c1-14(2)12-25-8-7-22-18(25)11-24-19(21-3)23-10-15-5-6-17(20)9-16(15)13-26-4;/h5-9,14H,10-13H2,1-4H3,(H2,21,23,24);1H. The number of halogens is 2. The van der Waals surface area contributed by atoms with Gasteiger partial charge in [0.1, 0.15) is 11.6 Å². The lowest BCUT2D eigenvalue weighted by Crippen LogP contribution is -2.37. The third kappa shape index (κ3) is 7.69. The summed E-state index contributed by atoms with van der Waals surface area (Å²) in [7, 11) is 1.74. The summed E-state index contributed by atoms with van der Waals surface area (Å²) in [5.74, 6) is 2.83. The Kier molecular flexibility index (Phi) is 10.8. The van der Waals surface area contributed by atoms with Gasteiger partial charge >= 0.3 is 0 Å². The number of aliphatic imine (C=N–C) groups is 1. The van der Waals surface area contributed by atoms with Crippen molar-refractivity contribution in [2.75, 3.05) is 13.3 Å². The lowest BCUT2D eigenvalue weighted by Gasteiger charge is -2.15. The maximum absolute atomic E-state index is 13.5. The van der Waals surface area contributed by atoms with Crippen molar-refractivity contribution < 1.29 is 4.39 Å². The van der Waals surface area contributed by atoms with Crippen molar-refractivity contribution >= 4 is 41.7 Å². The van der Waals surface area contributed by atoms with Crippen LogP contribution in [-0.2, 0) is 25.4 Å². The molecule has 5 nitrogen and oxygen atoms in total. The Hall–Kier alpha value is -1.29. The highest BCUT2D eigenvalue weighted by molar-refractivity contribution is 14.0. The summed E-state index contributed by atoms with van der Waals surface area (Å²) >= 11 is 1.68. The second-order valence-corrected chi connectivity index (χ2v) is 7.38. The number of aromatic nitrogens is 2. The van der Waals surface area contributed by atoms with Crippen LogP contribution in [-0.4, -0.2) is 28.8 Å². The van der Waals surface area contributed by atoms with Gasteiger partial charge in [0.25, 0.3) is 0 Å². The van der Waals surface area contributed by atoms with E-state index in [9.17, 15) is 4.39 Å². The van der Waals surface area contributed by atoms with Gasteiger partial charge in [-0.2, -0.15) is 11.8 Å². The van der Waals surface area contributed by atoms with Crippen LogP contribution in [0.1, 0.15) is 30.8 Å². The van der Waals surface area contributed by atoms with Gasteiger partial charge in [0.2, 0.25) is 0 Å². The molecule has 1 heterocycles. The fraction of sp³-hybridized carbons (Fsp3) is 0.474. The van der Waals surface area contributed by atoms with E-state index in [0.29, 0.717) is 25.0 Å². The largest absolute Gasteiger partial charge is 0.352 e. The van der Waals surface area contributed by atoms with E-state index in [0.717, 1.165) is 29.2 Å². The minimum atomic E-state index is -0.197. The van der Waals surface area contributed by atoms with Crippen molar-refractivity contribution in [3.63, 3.8) is 0 Å². The average molecular weight is 505 g/mol. The van der Waals surface area contributed by atoms with E-state index >= 15 is 0 Å². The molecule has 2 aromatic rings. The summed E-state index contributed by atoms with van der Waals surface area (Å²) in [4.78, 5) is 8.68. The Bertz CT molecular complexity index is 733. The molecule has 0 spiro atoms. The molecule has 0 aliphatic heterocycles. The van der Waals surface area contributed by atoms with Gasteiger partial charge < -0.3 is 15.2 Å². The van der Waals surface area contributed by atoms with Crippen molar-refractivity contribution in [2.24, 2.45) is 10.9 Å². The van der Waals surface area contributed by atoms with E-state index in [1.165, 1.54) is 6.07 Å². The number of benzene rings is 1. The molecule has 1 aromatic carbocycles. The van der Waals surface area contributed by atoms with Crippen molar-refractivity contribution in [1.29, 1.82) is 0 Å². The fourth-order valence-corrected chi connectivity index (χ4v) is 3.27. The summed E-state index contributed by atoms with van der Waals surface area (Å²) in [6, 6.07) is 4.93. The minimum absolute atomic E-state index is 0. The first-order chi connectivity index (χ1) is 12.5. The zero-order valence-electron chi connectivity index (χ0n) is 16.3. The molecule has 0 radical (unpaired) electrons. The molecule has 0 aliphatic rings. The predicted molar refractivity (Wildman–Crippen MR) is 123 cm³/mol. The van der Waals surface area contributed by atoms with E-state index in [1.807, 2.05) is 24.7 Å². The maximum Gasteiger partial charge on any atom is 0.191 e. The lowest BCUT2D eigenvalue weighted by atomic mass is 10.1. The van der Waals surface area contributed by atoms with Gasteiger partial charge in [0, 0.05) is 38.3 Å². The molecule has 0 fully saturated rings. The number of imidazole rings is 1. The molecule has 0 bridgehead atoms. The molecule has 0 saturated carbocycles. The molecule has 0 unspecified atom stereocenters. The van der Waals surface area contributed by atoms with Crippen molar-refractivity contribution in [1.82, 2.24) is 20.2 Å². The minimum Gasteiger partial charge on any atom is -0.352 e. The van der Waals surface area contributed by atoms with Gasteiger partial charge in [-0.05, 0) is 35.4 Å². The average Bonchev–Trinajstić information content (AvgIpc) is 3.03. The number of rotatable bonds is 8. The Morgan fingerprint density at radius 1 is 1.26 bits per heavy atom. The first kappa shape index (κ1) is 23.7. The number of hydrogen-bond donors (Lipinski definition) is 2. The quantitative estimate of drug-likeness (QED) is 0.323. The van der Waals surface area contributed by atoms with Crippen molar-refractivity contribution in [3.8, 4) is 0 Å². The summed E-state index contributed by atoms with van der Waals surface area (Å²) in [5, 5.41) is 6.59. The second kappa shape index (κ2) is 12.2. The maximum atomic E-state index is 13.5. The van der Waals surface area contributed by atoms with E-state index in [-0.39, 0.29) is 29.8 Å². The van der Waals surface area contributed by atoms with Crippen molar-refractivity contribution in [3.05, 3.63) is 53.4 Å². The molecule has 0 atom stereocenters. The van der Waals surface area contributed by atoms with E-state index in [2.05, 4.69) is 39.0 Å². The van der Waals surface area contributed by atoms with Crippen LogP contribution in [0.4, 0.5) is 4.39 Å². The number of hydrogen-bond acceptors (Lipinski definition) is 3. The SMILES string of the molecule is CN=C(NCc1ccc(F)cc1CSC)NCc1nccn1CC(C)C.I. The van der Waals surface area contributed by atoms with Crippen LogP contribution in [0.2, 0.25) is 0 Å². The molecule has 8 heteroatoms. The number of thioether (sulfide) groups is 1. The van der Waals surface area contributed by atoms with E-state index < -0.39 is 0 Å². The number of guanidine groups is 1. The molecule has 2 N–H and O–H groups in total. The van der Waals surface area contributed by atoms with Crippen LogP contribution in [0.5, 0.6) is 0 Å². The molecule has 150 valence electrons. The smallest absolute Gasteiger partial charge is 0.191 e. The summed E-state index contributed by atoms with van der Waals surface area (Å²) in [6.07, 6.45) is 5.84. The van der Waals surface area contributed by atoms with Gasteiger partial charge in [-0.3, -0.25) is 4.99 Å². The molecule has 0 amide bonds. The zero-order valence-corrected chi connectivity index (χ0v) is 19.5. The highest BCUT2D eigenvalue weighted by Gasteiger charge is 2.08. The van der Waals surface area contributed by atoms with Crippen LogP contribution in [0.15, 0.2) is 35.6 Å². The van der Waals surface area contributed by atoms with E-state index in [1.54, 1.807) is 24.9 Å². The van der Waals surface area contributed by atoms with Gasteiger partial charge in [-0.25, -0.2) is 9.37 Å². The first-order valence-electron chi connectivity index (χ1n) is 8.74. The topological polar surface area (TPSA) is 54.2 Å². The highest BCUT2D eigenvalue weighted by Crippen LogP contribution is 2.16. The summed E-state index contributed by atoms with van der Waals surface area (Å²) in [6.45, 7) is 6.51. The van der Waals surface area contributed by atoms with Crippen molar-refractivity contribution in [2.45, 2.75) is 39.2 Å². The van der Waals surface area contributed by atoms with Crippen LogP contribution < -0.4 is 10.6 Å². The van der Waals surface area contributed by atoms with Crippen LogP contribution in [0.25, 0.3) is 0 Å². The summed E-state index contributed by atoms with van der Waals surface area (Å²) in [5.41, 5.74) is 2.08. The molecule has 2 rings (SSSR count). The summed E-state index contributed by atoms with van der Waals surface area (Å²) < 4.78 is 15.6. The van der Waals surface area contributed by atoms with Crippen LogP contribution >= 0.6 is 35.7 Å². The Balaban J connectivity index is 0.00000364. The predicted octanol–water partition coefficient (Wildman–Crippen LogP) is 4.02. The number of nitrogens with one attached hydrogen (secondary N) is 2. The normalized spacial score (nSPS) is 11.4. The van der Waals surface area contributed by atoms with Crippen LogP contribution in [0.3, 0.4) is 0 Å². The fourth-order valence-electron chi connectivity index (χ4n) is 2.69. The van der Waals surface area contributed by atoms with Gasteiger partial charge in [0.15, 0.2) is 5.96 Å². The van der Waals surface area contributed by atoms with E-state index in [4.69, 9.17) is 0 Å². The molecular weight excluding hydrogens is 476 g/mol. The molecule has 0 saturated heterocycles. The molecule has 1 aromatic heterocycles.